The molecule has 0 aliphatic rings. The summed E-state index contributed by atoms with van der Waals surface area (Å²) in [6.45, 7) is 0. The van der Waals surface area contributed by atoms with Gasteiger partial charge < -0.3 is 10.4 Å². The molecule has 0 unspecified atom stereocenters. The van der Waals surface area contributed by atoms with Crippen LogP contribution in [0, 0.1) is 0 Å². The predicted octanol–water partition coefficient (Wildman–Crippen LogP) is 1.83. The lowest BCUT2D eigenvalue weighted by atomic mass is 10.2. The third-order valence-corrected chi connectivity index (χ3v) is 1.55. The number of carbonyl (C=O) groups is 1. The minimum atomic E-state index is -0.394. The number of benzene rings is 1. The zero-order chi connectivity index (χ0) is 9.68. The van der Waals surface area contributed by atoms with Crippen LogP contribution in [0.2, 0.25) is 0 Å². The minimum Gasteiger partial charge on any atom is -0.507 e. The van der Waals surface area contributed by atoms with Crippen molar-refractivity contribution in [1.82, 2.24) is 5.32 Å². The normalized spacial score (nSPS) is 10.2. The van der Waals surface area contributed by atoms with Gasteiger partial charge in [-0.1, -0.05) is 23.7 Å². The maximum Gasteiger partial charge on any atom is 0.258 e. The lowest BCUT2D eigenvalue weighted by Gasteiger charge is -2.01. The number of rotatable bonds is 2. The Balaban J connectivity index is 2.83. The van der Waals surface area contributed by atoms with Crippen LogP contribution in [0.1, 0.15) is 10.4 Å². The second kappa shape index (κ2) is 4.52. The van der Waals surface area contributed by atoms with Gasteiger partial charge in [-0.3, -0.25) is 4.79 Å². The van der Waals surface area contributed by atoms with Crippen molar-refractivity contribution in [3.8, 4) is 5.75 Å². The van der Waals surface area contributed by atoms with Crippen molar-refractivity contribution in [3.05, 3.63) is 41.6 Å². The van der Waals surface area contributed by atoms with Crippen LogP contribution >= 0.6 is 11.6 Å². The van der Waals surface area contributed by atoms with E-state index >= 15 is 0 Å². The average molecular weight is 198 g/mol. The summed E-state index contributed by atoms with van der Waals surface area (Å²) in [6, 6.07) is 6.27. The van der Waals surface area contributed by atoms with E-state index in [0.717, 1.165) is 0 Å². The fraction of sp³-hybridized carbons (Fsp3) is 0. The van der Waals surface area contributed by atoms with E-state index in [4.69, 9.17) is 11.6 Å². The van der Waals surface area contributed by atoms with Gasteiger partial charge in [0.2, 0.25) is 0 Å². The van der Waals surface area contributed by atoms with Crippen LogP contribution in [0.25, 0.3) is 0 Å². The fourth-order valence-electron chi connectivity index (χ4n) is 0.851. The van der Waals surface area contributed by atoms with E-state index in [1.54, 1.807) is 12.1 Å². The third kappa shape index (κ3) is 2.49. The van der Waals surface area contributed by atoms with E-state index in [-0.39, 0.29) is 11.3 Å². The van der Waals surface area contributed by atoms with Gasteiger partial charge in [-0.05, 0) is 12.1 Å². The average Bonchev–Trinajstić information content (AvgIpc) is 2.15. The first-order valence-corrected chi connectivity index (χ1v) is 4.03. The molecule has 0 bridgehead atoms. The largest absolute Gasteiger partial charge is 0.507 e. The molecule has 0 saturated heterocycles. The summed E-state index contributed by atoms with van der Waals surface area (Å²) in [5, 5.41) is 11.6. The van der Waals surface area contributed by atoms with Crippen LogP contribution in [0.3, 0.4) is 0 Å². The molecule has 0 saturated carbocycles. The number of hydrogen-bond acceptors (Lipinski definition) is 2. The molecule has 1 rings (SSSR count). The zero-order valence-corrected chi connectivity index (χ0v) is 7.45. The monoisotopic (exact) mass is 197 g/mol. The topological polar surface area (TPSA) is 49.3 Å². The standard InChI is InChI=1S/C9H8ClNO2/c10-5-6-11-9(13)7-3-1-2-4-8(7)12/h1-6,12H,(H,11,13). The van der Waals surface area contributed by atoms with Gasteiger partial charge >= 0.3 is 0 Å². The first-order valence-electron chi connectivity index (χ1n) is 3.60. The molecule has 0 fully saturated rings. The highest BCUT2D eigenvalue weighted by atomic mass is 35.5. The zero-order valence-electron chi connectivity index (χ0n) is 6.70. The molecular weight excluding hydrogens is 190 g/mol. The van der Waals surface area contributed by atoms with Gasteiger partial charge in [0.15, 0.2) is 0 Å². The first-order chi connectivity index (χ1) is 6.25. The molecule has 68 valence electrons. The maximum atomic E-state index is 11.2. The van der Waals surface area contributed by atoms with Crippen molar-refractivity contribution in [2.75, 3.05) is 0 Å². The molecule has 0 heterocycles. The molecule has 1 amide bonds. The van der Waals surface area contributed by atoms with Gasteiger partial charge in [0.1, 0.15) is 5.75 Å². The molecule has 3 nitrogen and oxygen atoms in total. The molecule has 2 N–H and O–H groups in total. The molecule has 1 aromatic carbocycles. The predicted molar refractivity (Wildman–Crippen MR) is 50.6 cm³/mol. The van der Waals surface area contributed by atoms with Gasteiger partial charge in [0.25, 0.3) is 5.91 Å². The smallest absolute Gasteiger partial charge is 0.258 e. The number of para-hydroxylation sites is 1. The Morgan fingerprint density at radius 2 is 2.15 bits per heavy atom. The number of hydrogen-bond donors (Lipinski definition) is 2. The number of nitrogens with one attached hydrogen (secondary N) is 1. The van der Waals surface area contributed by atoms with Crippen molar-refractivity contribution in [2.45, 2.75) is 0 Å². The van der Waals surface area contributed by atoms with E-state index in [9.17, 15) is 9.90 Å². The summed E-state index contributed by atoms with van der Waals surface area (Å²) in [6.07, 6.45) is 1.29. The second-order valence-corrected chi connectivity index (χ2v) is 2.54. The lowest BCUT2D eigenvalue weighted by molar-refractivity contribution is 0.0967. The summed E-state index contributed by atoms with van der Waals surface area (Å²) in [7, 11) is 0. The van der Waals surface area contributed by atoms with Crippen molar-refractivity contribution in [1.29, 1.82) is 0 Å². The Bertz CT molecular complexity index is 336. The molecule has 0 spiro atoms. The number of aromatic hydroxyl groups is 1. The number of amides is 1. The van der Waals surface area contributed by atoms with Gasteiger partial charge in [-0.25, -0.2) is 0 Å². The molecule has 0 aliphatic heterocycles. The number of phenolic OH excluding ortho intramolecular Hbond substituents is 1. The Kier molecular flexibility index (Phi) is 3.34. The van der Waals surface area contributed by atoms with Crippen LogP contribution in [-0.4, -0.2) is 11.0 Å². The third-order valence-electron chi connectivity index (χ3n) is 1.43. The maximum absolute atomic E-state index is 11.2. The lowest BCUT2D eigenvalue weighted by Crippen LogP contribution is -2.16. The Labute approximate surface area is 80.6 Å². The van der Waals surface area contributed by atoms with E-state index in [1.165, 1.54) is 23.9 Å². The minimum absolute atomic E-state index is 0.0528. The molecular formula is C9H8ClNO2. The summed E-state index contributed by atoms with van der Waals surface area (Å²) >= 11 is 5.22. The molecule has 4 heteroatoms. The van der Waals surface area contributed by atoms with Crippen molar-refractivity contribution < 1.29 is 9.90 Å². The van der Waals surface area contributed by atoms with Crippen LogP contribution in [0.5, 0.6) is 5.75 Å². The summed E-state index contributed by atoms with van der Waals surface area (Å²) in [5.74, 6) is -0.446. The van der Waals surface area contributed by atoms with Gasteiger partial charge in [-0.15, -0.1) is 0 Å². The first kappa shape index (κ1) is 9.61. The highest BCUT2D eigenvalue weighted by molar-refractivity contribution is 6.25. The molecule has 13 heavy (non-hydrogen) atoms. The second-order valence-electron chi connectivity index (χ2n) is 2.28. The molecule has 0 aliphatic carbocycles. The Morgan fingerprint density at radius 3 is 2.77 bits per heavy atom. The van der Waals surface area contributed by atoms with Crippen molar-refractivity contribution in [3.63, 3.8) is 0 Å². The Hall–Kier alpha value is -1.48. The highest BCUT2D eigenvalue weighted by Gasteiger charge is 2.07. The summed E-state index contributed by atoms with van der Waals surface area (Å²) in [5.41, 5.74) is 1.40. The van der Waals surface area contributed by atoms with E-state index < -0.39 is 5.91 Å². The summed E-state index contributed by atoms with van der Waals surface area (Å²) < 4.78 is 0. The molecule has 0 aromatic heterocycles. The van der Waals surface area contributed by atoms with E-state index in [2.05, 4.69) is 5.32 Å². The van der Waals surface area contributed by atoms with Crippen LogP contribution in [-0.2, 0) is 0 Å². The van der Waals surface area contributed by atoms with Crippen LogP contribution < -0.4 is 5.32 Å². The van der Waals surface area contributed by atoms with Gasteiger partial charge in [0, 0.05) is 11.7 Å². The van der Waals surface area contributed by atoms with Gasteiger partial charge in [0.05, 0.1) is 5.56 Å². The van der Waals surface area contributed by atoms with Gasteiger partial charge in [-0.2, -0.15) is 0 Å². The fourth-order valence-corrected chi connectivity index (χ4v) is 0.914. The van der Waals surface area contributed by atoms with Crippen LogP contribution in [0.4, 0.5) is 0 Å². The van der Waals surface area contributed by atoms with Crippen molar-refractivity contribution in [2.24, 2.45) is 0 Å². The number of carbonyl (C=O) groups excluding carboxylic acids is 1. The van der Waals surface area contributed by atoms with Crippen molar-refractivity contribution >= 4 is 17.5 Å². The highest BCUT2D eigenvalue weighted by Crippen LogP contribution is 2.14. The SMILES string of the molecule is O=C(NC=CCl)c1ccccc1O. The number of halogens is 1. The number of phenols is 1. The molecule has 1 aromatic rings. The Morgan fingerprint density at radius 1 is 1.46 bits per heavy atom. The van der Waals surface area contributed by atoms with Crippen LogP contribution in [0.15, 0.2) is 36.0 Å². The molecule has 0 atom stereocenters. The summed E-state index contributed by atoms with van der Waals surface area (Å²) in [4.78, 5) is 11.2. The van der Waals surface area contributed by atoms with E-state index in [0.29, 0.717) is 0 Å². The quantitative estimate of drug-likeness (QED) is 0.760. The molecule has 0 radical (unpaired) electrons. The van der Waals surface area contributed by atoms with E-state index in [1.807, 2.05) is 0 Å².